The third-order valence-electron chi connectivity index (χ3n) is 5.57. The van der Waals surface area contributed by atoms with Gasteiger partial charge in [0, 0.05) is 19.3 Å². The van der Waals surface area contributed by atoms with Crippen LogP contribution in [0.3, 0.4) is 0 Å². The summed E-state index contributed by atoms with van der Waals surface area (Å²) in [4.78, 5) is 32.9. The fourth-order valence-electron chi connectivity index (χ4n) is 3.69. The number of Topliss-reactive ketones (excluding diaryl/α,β-unsaturated/α-hetero) is 1. The summed E-state index contributed by atoms with van der Waals surface area (Å²) in [5, 5.41) is 4.39. The number of carbonyl (C=O) groups excluding carboxylic acids is 1. The van der Waals surface area contributed by atoms with Crippen LogP contribution in [0.1, 0.15) is 21.6 Å². The van der Waals surface area contributed by atoms with Crippen molar-refractivity contribution in [1.82, 2.24) is 24.5 Å². The number of ether oxygens (including phenoxy) is 1. The number of aryl methyl sites for hydroxylation is 1. The monoisotopic (exact) mass is 456 g/mol. The number of fused-ring (bicyclic) bond motifs is 1. The molecule has 4 heterocycles. The minimum absolute atomic E-state index is 0.0684. The van der Waals surface area contributed by atoms with Gasteiger partial charge in [-0.25, -0.2) is 4.98 Å². The molecule has 0 bridgehead atoms. The van der Waals surface area contributed by atoms with Crippen LogP contribution in [0.2, 0.25) is 0 Å². The first kappa shape index (κ1) is 21.7. The van der Waals surface area contributed by atoms with E-state index in [1.807, 2.05) is 31.2 Å². The van der Waals surface area contributed by atoms with Gasteiger partial charge < -0.3 is 14.2 Å². The van der Waals surface area contributed by atoms with E-state index in [1.54, 1.807) is 41.5 Å². The lowest BCUT2D eigenvalue weighted by atomic mass is 10.1. The smallest absolute Gasteiger partial charge is 0.229 e. The van der Waals surface area contributed by atoms with E-state index in [9.17, 15) is 4.79 Å². The quantitative estimate of drug-likeness (QED) is 0.257. The number of nitrogens with zero attached hydrogens (tertiary/aromatic N) is 7. The standard InChI is InChI=1S/C24H24N8O2/c1-17-6-2-3-7-18(17)14-27-30-22-21-23(29-24(28-22)31-10-12-34-13-11-31)32(16-26-21)15-20(33)19-8-4-5-9-25-19/h2-9,14,16H,10-13,15H2,1H3,(H,28,29,30). The van der Waals surface area contributed by atoms with Gasteiger partial charge in [0.15, 0.2) is 17.0 Å². The number of nitrogens with one attached hydrogen (secondary N) is 1. The zero-order chi connectivity index (χ0) is 23.3. The first-order valence-electron chi connectivity index (χ1n) is 11.0. The normalized spacial score (nSPS) is 14.1. The number of aromatic nitrogens is 5. The molecule has 10 nitrogen and oxygen atoms in total. The van der Waals surface area contributed by atoms with Crippen molar-refractivity contribution < 1.29 is 9.53 Å². The Morgan fingerprint density at radius 1 is 1.12 bits per heavy atom. The Labute approximate surface area is 196 Å². The van der Waals surface area contributed by atoms with Crippen LogP contribution in [-0.2, 0) is 11.3 Å². The SMILES string of the molecule is Cc1ccccc1C=NNc1nc(N2CCOCC2)nc2c1ncn2CC(=O)c1ccccn1. The van der Waals surface area contributed by atoms with Gasteiger partial charge in [-0.05, 0) is 30.2 Å². The maximum Gasteiger partial charge on any atom is 0.229 e. The van der Waals surface area contributed by atoms with E-state index in [2.05, 4.69) is 25.4 Å². The zero-order valence-electron chi connectivity index (χ0n) is 18.8. The number of benzene rings is 1. The average molecular weight is 457 g/mol. The predicted octanol–water partition coefficient (Wildman–Crippen LogP) is 2.70. The molecule has 34 heavy (non-hydrogen) atoms. The molecule has 0 unspecified atom stereocenters. The van der Waals surface area contributed by atoms with Crippen molar-refractivity contribution in [3.05, 3.63) is 71.8 Å². The molecule has 1 aliphatic heterocycles. The Kier molecular flexibility index (Phi) is 6.21. The average Bonchev–Trinajstić information content (AvgIpc) is 3.29. The number of hydrogen-bond acceptors (Lipinski definition) is 9. The van der Waals surface area contributed by atoms with Crippen LogP contribution in [0.5, 0.6) is 0 Å². The molecule has 0 amide bonds. The third kappa shape index (κ3) is 4.62. The minimum atomic E-state index is -0.126. The van der Waals surface area contributed by atoms with Crippen molar-refractivity contribution in [2.24, 2.45) is 5.10 Å². The molecule has 172 valence electrons. The van der Waals surface area contributed by atoms with Crippen LogP contribution in [0.4, 0.5) is 11.8 Å². The maximum absolute atomic E-state index is 12.8. The van der Waals surface area contributed by atoms with Gasteiger partial charge in [0.05, 0.1) is 32.3 Å². The number of rotatable bonds is 7. The molecule has 10 heteroatoms. The number of imidazole rings is 1. The molecule has 0 atom stereocenters. The molecule has 1 fully saturated rings. The summed E-state index contributed by atoms with van der Waals surface area (Å²) in [5.74, 6) is 0.885. The molecule has 0 saturated carbocycles. The third-order valence-corrected chi connectivity index (χ3v) is 5.57. The number of anilines is 2. The maximum atomic E-state index is 12.8. The summed E-state index contributed by atoms with van der Waals surface area (Å²) in [6.07, 6.45) is 4.95. The number of ketones is 1. The summed E-state index contributed by atoms with van der Waals surface area (Å²) in [5.41, 5.74) is 6.63. The highest BCUT2D eigenvalue weighted by atomic mass is 16.5. The topological polar surface area (TPSA) is 110 Å². The first-order chi connectivity index (χ1) is 16.7. The van der Waals surface area contributed by atoms with E-state index >= 15 is 0 Å². The van der Waals surface area contributed by atoms with Gasteiger partial charge in [-0.15, -0.1) is 0 Å². The van der Waals surface area contributed by atoms with Gasteiger partial charge in [0.2, 0.25) is 11.7 Å². The highest BCUT2D eigenvalue weighted by molar-refractivity contribution is 5.95. The Bertz CT molecular complexity index is 1330. The van der Waals surface area contributed by atoms with Crippen LogP contribution < -0.4 is 10.3 Å². The van der Waals surface area contributed by atoms with Crippen molar-refractivity contribution in [3.63, 3.8) is 0 Å². The Balaban J connectivity index is 1.49. The molecule has 1 aromatic carbocycles. The number of hydrazone groups is 1. The molecule has 0 aliphatic carbocycles. The molecule has 0 radical (unpaired) electrons. The molecule has 1 N–H and O–H groups in total. The Morgan fingerprint density at radius 3 is 2.74 bits per heavy atom. The predicted molar refractivity (Wildman–Crippen MR) is 129 cm³/mol. The van der Waals surface area contributed by atoms with Crippen molar-refractivity contribution in [3.8, 4) is 0 Å². The van der Waals surface area contributed by atoms with Crippen LogP contribution in [0.25, 0.3) is 11.2 Å². The van der Waals surface area contributed by atoms with Crippen LogP contribution in [0, 0.1) is 6.92 Å². The Hall–Kier alpha value is -4.18. The summed E-state index contributed by atoms with van der Waals surface area (Å²) >= 11 is 0. The molecule has 3 aromatic heterocycles. The largest absolute Gasteiger partial charge is 0.378 e. The number of morpholine rings is 1. The highest BCUT2D eigenvalue weighted by Gasteiger charge is 2.20. The molecular weight excluding hydrogens is 432 g/mol. The summed E-state index contributed by atoms with van der Waals surface area (Å²) in [6.45, 7) is 4.66. The van der Waals surface area contributed by atoms with Gasteiger partial charge in [0.1, 0.15) is 5.69 Å². The second-order valence-electron chi connectivity index (χ2n) is 7.88. The van der Waals surface area contributed by atoms with E-state index in [4.69, 9.17) is 14.7 Å². The number of carbonyl (C=O) groups is 1. The van der Waals surface area contributed by atoms with E-state index < -0.39 is 0 Å². The second kappa shape index (κ2) is 9.75. The fourth-order valence-corrected chi connectivity index (χ4v) is 3.69. The van der Waals surface area contributed by atoms with Crippen molar-refractivity contribution >= 4 is 34.9 Å². The van der Waals surface area contributed by atoms with Gasteiger partial charge >= 0.3 is 0 Å². The Morgan fingerprint density at radius 2 is 1.94 bits per heavy atom. The van der Waals surface area contributed by atoms with Crippen molar-refractivity contribution in [1.29, 1.82) is 0 Å². The van der Waals surface area contributed by atoms with Gasteiger partial charge in [-0.2, -0.15) is 15.1 Å². The molecule has 1 aliphatic rings. The first-order valence-corrected chi connectivity index (χ1v) is 11.0. The summed E-state index contributed by atoms with van der Waals surface area (Å²) in [6, 6.07) is 13.2. The van der Waals surface area contributed by atoms with Gasteiger partial charge in [-0.1, -0.05) is 30.3 Å². The van der Waals surface area contributed by atoms with Crippen LogP contribution in [-0.4, -0.2) is 62.8 Å². The van der Waals surface area contributed by atoms with Crippen LogP contribution >= 0.6 is 0 Å². The fraction of sp³-hybridized carbons (Fsp3) is 0.250. The van der Waals surface area contributed by atoms with Crippen molar-refractivity contribution in [2.75, 3.05) is 36.6 Å². The van der Waals surface area contributed by atoms with E-state index in [0.29, 0.717) is 54.9 Å². The zero-order valence-corrected chi connectivity index (χ0v) is 18.8. The lowest BCUT2D eigenvalue weighted by Crippen LogP contribution is -2.37. The minimum Gasteiger partial charge on any atom is -0.378 e. The van der Waals surface area contributed by atoms with Crippen molar-refractivity contribution in [2.45, 2.75) is 13.5 Å². The lowest BCUT2D eigenvalue weighted by Gasteiger charge is -2.27. The van der Waals surface area contributed by atoms with E-state index in [0.717, 1.165) is 11.1 Å². The molecule has 4 aromatic rings. The summed E-state index contributed by atoms with van der Waals surface area (Å²) in [7, 11) is 0. The summed E-state index contributed by atoms with van der Waals surface area (Å²) < 4.78 is 7.19. The molecule has 5 rings (SSSR count). The van der Waals surface area contributed by atoms with Gasteiger partial charge in [-0.3, -0.25) is 15.2 Å². The lowest BCUT2D eigenvalue weighted by molar-refractivity contribution is 0.0968. The number of hydrogen-bond donors (Lipinski definition) is 1. The molecule has 1 saturated heterocycles. The van der Waals surface area contributed by atoms with Gasteiger partial charge in [0.25, 0.3) is 0 Å². The molecular formula is C24H24N8O2. The van der Waals surface area contributed by atoms with E-state index in [1.165, 1.54) is 0 Å². The highest BCUT2D eigenvalue weighted by Crippen LogP contribution is 2.23. The molecule has 0 spiro atoms. The van der Waals surface area contributed by atoms with E-state index in [-0.39, 0.29) is 12.3 Å². The second-order valence-corrected chi connectivity index (χ2v) is 7.88. The van der Waals surface area contributed by atoms with Crippen LogP contribution in [0.15, 0.2) is 60.1 Å². The number of pyridine rings is 1.